The largest absolute Gasteiger partial charge is 0.314 e. The molecular formula is C15H21N3. The third-order valence-corrected chi connectivity index (χ3v) is 3.76. The maximum absolute atomic E-state index is 9.22. The summed E-state index contributed by atoms with van der Waals surface area (Å²) in [7, 11) is 2.18. The van der Waals surface area contributed by atoms with Gasteiger partial charge in [0, 0.05) is 19.1 Å². The van der Waals surface area contributed by atoms with E-state index in [1.165, 1.54) is 19.4 Å². The van der Waals surface area contributed by atoms with Gasteiger partial charge in [-0.05, 0) is 32.0 Å². The molecule has 1 aliphatic rings. The lowest BCUT2D eigenvalue weighted by molar-refractivity contribution is 0.300. The van der Waals surface area contributed by atoms with Gasteiger partial charge in [-0.1, -0.05) is 30.3 Å². The van der Waals surface area contributed by atoms with Gasteiger partial charge in [0.2, 0.25) is 0 Å². The highest BCUT2D eigenvalue weighted by Crippen LogP contribution is 2.15. The number of hydrogen-bond donors (Lipinski definition) is 1. The molecule has 1 heterocycles. The molecule has 18 heavy (non-hydrogen) atoms. The summed E-state index contributed by atoms with van der Waals surface area (Å²) >= 11 is 0. The Morgan fingerprint density at radius 1 is 1.44 bits per heavy atom. The Kier molecular flexibility index (Phi) is 4.74. The summed E-state index contributed by atoms with van der Waals surface area (Å²) < 4.78 is 0. The second-order valence-electron chi connectivity index (χ2n) is 5.03. The number of likely N-dealkylation sites (tertiary alicyclic amines) is 1. The summed E-state index contributed by atoms with van der Waals surface area (Å²) in [6, 6.07) is 13.0. The fourth-order valence-electron chi connectivity index (χ4n) is 2.55. The summed E-state index contributed by atoms with van der Waals surface area (Å²) in [6.07, 6.45) is 2.56. The van der Waals surface area contributed by atoms with Crippen molar-refractivity contribution in [3.8, 4) is 6.07 Å². The quantitative estimate of drug-likeness (QED) is 0.859. The predicted octanol–water partition coefficient (Wildman–Crippen LogP) is 1.98. The van der Waals surface area contributed by atoms with Crippen molar-refractivity contribution in [3.05, 3.63) is 35.9 Å². The zero-order valence-electron chi connectivity index (χ0n) is 11.0. The van der Waals surface area contributed by atoms with Crippen LogP contribution in [-0.4, -0.2) is 37.6 Å². The van der Waals surface area contributed by atoms with Crippen LogP contribution in [0.1, 0.15) is 24.3 Å². The summed E-state index contributed by atoms with van der Waals surface area (Å²) in [6.45, 7) is 2.93. The molecule has 0 amide bonds. The molecule has 0 aliphatic carbocycles. The summed E-state index contributed by atoms with van der Waals surface area (Å²) in [5.74, 6) is -0.0436. The molecule has 1 aromatic rings. The molecule has 0 aromatic heterocycles. The Labute approximate surface area is 109 Å². The number of nitrogens with one attached hydrogen (secondary N) is 1. The van der Waals surface area contributed by atoms with E-state index in [9.17, 15) is 5.26 Å². The summed E-state index contributed by atoms with van der Waals surface area (Å²) in [4.78, 5) is 2.40. The molecule has 1 N–H and O–H groups in total. The third kappa shape index (κ3) is 3.32. The van der Waals surface area contributed by atoms with Crippen LogP contribution in [0, 0.1) is 11.3 Å². The molecule has 2 rings (SSSR count). The van der Waals surface area contributed by atoms with E-state index < -0.39 is 0 Å². The van der Waals surface area contributed by atoms with Crippen LogP contribution in [0.25, 0.3) is 0 Å². The van der Waals surface area contributed by atoms with Gasteiger partial charge in [-0.25, -0.2) is 0 Å². The standard InChI is InChI=1S/C15H21N3/c1-18-9-5-8-15(18)12-17-11-14(10-16)13-6-3-2-4-7-13/h2-4,6-7,14-15,17H,5,8-9,11-12H2,1H3. The Balaban J connectivity index is 1.80. The molecule has 2 atom stereocenters. The van der Waals surface area contributed by atoms with E-state index in [-0.39, 0.29) is 5.92 Å². The first-order valence-corrected chi connectivity index (χ1v) is 6.67. The minimum absolute atomic E-state index is 0.0436. The average Bonchev–Trinajstić information content (AvgIpc) is 2.81. The van der Waals surface area contributed by atoms with Gasteiger partial charge in [-0.3, -0.25) is 0 Å². The molecule has 0 bridgehead atoms. The molecule has 2 unspecified atom stereocenters. The fraction of sp³-hybridized carbons (Fsp3) is 0.533. The molecule has 3 nitrogen and oxygen atoms in total. The lowest BCUT2D eigenvalue weighted by Gasteiger charge is -2.20. The molecule has 96 valence electrons. The van der Waals surface area contributed by atoms with Gasteiger partial charge in [0.1, 0.15) is 0 Å². The Morgan fingerprint density at radius 3 is 2.83 bits per heavy atom. The smallest absolute Gasteiger partial charge is 0.0837 e. The number of nitrogens with zero attached hydrogens (tertiary/aromatic N) is 2. The average molecular weight is 243 g/mol. The van der Waals surface area contributed by atoms with E-state index in [4.69, 9.17) is 0 Å². The normalized spacial score (nSPS) is 21.7. The molecule has 0 saturated carbocycles. The van der Waals surface area contributed by atoms with E-state index in [0.717, 1.165) is 18.7 Å². The maximum atomic E-state index is 9.22. The molecule has 0 spiro atoms. The maximum Gasteiger partial charge on any atom is 0.0837 e. The molecule has 0 radical (unpaired) electrons. The highest BCUT2D eigenvalue weighted by atomic mass is 15.2. The van der Waals surface area contributed by atoms with E-state index in [0.29, 0.717) is 6.04 Å². The van der Waals surface area contributed by atoms with E-state index in [1.54, 1.807) is 0 Å². The zero-order chi connectivity index (χ0) is 12.8. The van der Waals surface area contributed by atoms with E-state index >= 15 is 0 Å². The molecule has 1 aliphatic heterocycles. The molecule has 1 saturated heterocycles. The SMILES string of the molecule is CN1CCCC1CNCC(C#N)c1ccccc1. The molecule has 3 heteroatoms. The van der Waals surface area contributed by atoms with Crippen LogP contribution < -0.4 is 5.32 Å². The van der Waals surface area contributed by atoms with Crippen molar-refractivity contribution in [1.82, 2.24) is 10.2 Å². The van der Waals surface area contributed by atoms with Crippen LogP contribution in [0.15, 0.2) is 30.3 Å². The summed E-state index contributed by atoms with van der Waals surface area (Å²) in [5.41, 5.74) is 1.10. The van der Waals surface area contributed by atoms with Gasteiger partial charge >= 0.3 is 0 Å². The lowest BCUT2D eigenvalue weighted by atomic mass is 10.0. The number of benzene rings is 1. The Morgan fingerprint density at radius 2 is 2.22 bits per heavy atom. The van der Waals surface area contributed by atoms with Crippen molar-refractivity contribution in [2.45, 2.75) is 24.8 Å². The van der Waals surface area contributed by atoms with Crippen LogP contribution in [0.2, 0.25) is 0 Å². The number of likely N-dealkylation sites (N-methyl/N-ethyl adjacent to an activating group) is 1. The topological polar surface area (TPSA) is 39.1 Å². The van der Waals surface area contributed by atoms with Crippen LogP contribution in [-0.2, 0) is 0 Å². The van der Waals surface area contributed by atoms with Crippen molar-refractivity contribution in [3.63, 3.8) is 0 Å². The van der Waals surface area contributed by atoms with Gasteiger partial charge in [0.05, 0.1) is 12.0 Å². The van der Waals surface area contributed by atoms with E-state index in [1.807, 2.05) is 30.3 Å². The molecule has 1 aromatic carbocycles. The van der Waals surface area contributed by atoms with E-state index in [2.05, 4.69) is 23.3 Å². The first-order chi connectivity index (χ1) is 8.81. The minimum atomic E-state index is -0.0436. The Hall–Kier alpha value is -1.37. The van der Waals surface area contributed by atoms with Gasteiger partial charge < -0.3 is 10.2 Å². The van der Waals surface area contributed by atoms with Crippen LogP contribution >= 0.6 is 0 Å². The van der Waals surface area contributed by atoms with Crippen LogP contribution in [0.3, 0.4) is 0 Å². The van der Waals surface area contributed by atoms with Gasteiger partial charge in [0.15, 0.2) is 0 Å². The highest BCUT2D eigenvalue weighted by Gasteiger charge is 2.20. The second kappa shape index (κ2) is 6.53. The van der Waals surface area contributed by atoms with Gasteiger partial charge in [-0.2, -0.15) is 5.26 Å². The summed E-state index contributed by atoms with van der Waals surface area (Å²) in [5, 5.41) is 12.7. The Bertz CT molecular complexity index is 396. The number of nitriles is 1. The molecular weight excluding hydrogens is 222 g/mol. The second-order valence-corrected chi connectivity index (χ2v) is 5.03. The number of hydrogen-bond acceptors (Lipinski definition) is 3. The first kappa shape index (κ1) is 13.1. The van der Waals surface area contributed by atoms with Crippen molar-refractivity contribution >= 4 is 0 Å². The van der Waals surface area contributed by atoms with Crippen molar-refractivity contribution in [2.75, 3.05) is 26.7 Å². The lowest BCUT2D eigenvalue weighted by Crippen LogP contribution is -2.36. The zero-order valence-corrected chi connectivity index (χ0v) is 11.0. The first-order valence-electron chi connectivity index (χ1n) is 6.67. The third-order valence-electron chi connectivity index (χ3n) is 3.76. The monoisotopic (exact) mass is 243 g/mol. The van der Waals surface area contributed by atoms with Crippen molar-refractivity contribution in [2.24, 2.45) is 0 Å². The highest BCUT2D eigenvalue weighted by molar-refractivity contribution is 5.25. The molecule has 1 fully saturated rings. The van der Waals surface area contributed by atoms with Gasteiger partial charge in [-0.15, -0.1) is 0 Å². The fourth-order valence-corrected chi connectivity index (χ4v) is 2.55. The van der Waals surface area contributed by atoms with Crippen LogP contribution in [0.4, 0.5) is 0 Å². The van der Waals surface area contributed by atoms with Crippen molar-refractivity contribution in [1.29, 1.82) is 5.26 Å². The van der Waals surface area contributed by atoms with Crippen LogP contribution in [0.5, 0.6) is 0 Å². The minimum Gasteiger partial charge on any atom is -0.314 e. The predicted molar refractivity (Wildman–Crippen MR) is 73.3 cm³/mol. The number of rotatable bonds is 5. The van der Waals surface area contributed by atoms with Gasteiger partial charge in [0.25, 0.3) is 0 Å². The van der Waals surface area contributed by atoms with Crippen molar-refractivity contribution < 1.29 is 0 Å².